The number of hydrogen-bond donors (Lipinski definition) is 1. The minimum Gasteiger partial charge on any atom is -0.389 e. The van der Waals surface area contributed by atoms with Crippen molar-refractivity contribution in [3.63, 3.8) is 0 Å². The second-order valence-electron chi connectivity index (χ2n) is 2.00. The molecule has 2 heteroatoms. The first-order valence-electron chi connectivity index (χ1n) is 3.19. The van der Waals surface area contributed by atoms with Crippen LogP contribution in [0.3, 0.4) is 0 Å². The van der Waals surface area contributed by atoms with Crippen LogP contribution < -0.4 is 0 Å². The Kier molecular flexibility index (Phi) is 4.50. The van der Waals surface area contributed by atoms with Crippen LogP contribution >= 0.6 is 0 Å². The lowest BCUT2D eigenvalue weighted by atomic mass is 10.3. The Morgan fingerprint density at radius 2 is 2.10 bits per heavy atom. The van der Waals surface area contributed by atoms with Gasteiger partial charge in [0, 0.05) is 0 Å². The van der Waals surface area contributed by atoms with Crippen LogP contribution in [0.25, 0.3) is 0 Å². The summed E-state index contributed by atoms with van der Waals surface area (Å²) in [6.07, 6.45) is 5.36. The summed E-state index contributed by atoms with van der Waals surface area (Å²) in [6, 6.07) is 0. The fourth-order valence-corrected chi connectivity index (χ4v) is 0.454. The van der Waals surface area contributed by atoms with Crippen LogP contribution in [-0.4, -0.2) is 17.0 Å². The van der Waals surface area contributed by atoms with Crippen LogP contribution in [0.1, 0.15) is 13.8 Å². The van der Waals surface area contributed by atoms with Gasteiger partial charge < -0.3 is 5.11 Å². The van der Waals surface area contributed by atoms with Gasteiger partial charge in [0.1, 0.15) is 0 Å². The van der Waals surface area contributed by atoms with Crippen molar-refractivity contribution in [2.45, 2.75) is 20.0 Å². The molecule has 0 aromatic heterocycles. The van der Waals surface area contributed by atoms with Gasteiger partial charge in [0.15, 0.2) is 5.78 Å². The topological polar surface area (TPSA) is 37.3 Å². The maximum atomic E-state index is 10.7. The molecule has 0 aromatic carbocycles. The highest BCUT2D eigenvalue weighted by molar-refractivity contribution is 5.99. The van der Waals surface area contributed by atoms with Crippen LogP contribution in [0.5, 0.6) is 0 Å². The molecule has 0 saturated heterocycles. The molecule has 0 spiro atoms. The molecule has 0 fully saturated rings. The standard InChI is InChI=1S/C8H12O2/c1-3-4-8(10)6-5-7(2)9/h3-7,9H,1-2H3/b4-3+,6-5+. The van der Waals surface area contributed by atoms with E-state index in [-0.39, 0.29) is 5.78 Å². The Morgan fingerprint density at radius 1 is 1.50 bits per heavy atom. The third-order valence-corrected chi connectivity index (χ3v) is 0.870. The van der Waals surface area contributed by atoms with E-state index < -0.39 is 6.10 Å². The summed E-state index contributed by atoms with van der Waals surface area (Å²) in [5, 5.41) is 8.71. The number of carbonyl (C=O) groups excluding carboxylic acids is 1. The first-order chi connectivity index (χ1) is 4.66. The van der Waals surface area contributed by atoms with E-state index in [0.29, 0.717) is 0 Å². The lowest BCUT2D eigenvalue weighted by Crippen LogP contribution is -1.94. The Balaban J connectivity index is 3.78. The summed E-state index contributed by atoms with van der Waals surface area (Å²) < 4.78 is 0. The lowest BCUT2D eigenvalue weighted by Gasteiger charge is -1.89. The summed E-state index contributed by atoms with van der Waals surface area (Å²) in [5.74, 6) is -0.0941. The molecule has 1 N–H and O–H groups in total. The van der Waals surface area contributed by atoms with Gasteiger partial charge in [-0.25, -0.2) is 0 Å². The van der Waals surface area contributed by atoms with Crippen molar-refractivity contribution < 1.29 is 9.90 Å². The van der Waals surface area contributed by atoms with Gasteiger partial charge in [-0.15, -0.1) is 0 Å². The summed E-state index contributed by atoms with van der Waals surface area (Å²) in [7, 11) is 0. The largest absolute Gasteiger partial charge is 0.389 e. The van der Waals surface area contributed by atoms with Crippen molar-refractivity contribution in [3.8, 4) is 0 Å². The average molecular weight is 140 g/mol. The molecular weight excluding hydrogens is 128 g/mol. The third-order valence-electron chi connectivity index (χ3n) is 0.870. The molecule has 0 heterocycles. The zero-order valence-electron chi connectivity index (χ0n) is 6.24. The van der Waals surface area contributed by atoms with E-state index in [9.17, 15) is 4.79 Å². The van der Waals surface area contributed by atoms with Gasteiger partial charge in [0.05, 0.1) is 6.10 Å². The maximum Gasteiger partial charge on any atom is 0.178 e. The average Bonchev–Trinajstić information content (AvgIpc) is 1.85. The van der Waals surface area contributed by atoms with Crippen molar-refractivity contribution in [1.82, 2.24) is 0 Å². The first-order valence-corrected chi connectivity index (χ1v) is 3.19. The minimum atomic E-state index is -0.547. The Labute approximate surface area is 60.9 Å². The van der Waals surface area contributed by atoms with E-state index in [1.165, 1.54) is 18.2 Å². The SMILES string of the molecule is C/C=C/C(=O)/C=C/C(C)O. The van der Waals surface area contributed by atoms with Gasteiger partial charge in [-0.3, -0.25) is 4.79 Å². The van der Waals surface area contributed by atoms with Gasteiger partial charge in [-0.1, -0.05) is 12.2 Å². The van der Waals surface area contributed by atoms with Crippen LogP contribution in [0, 0.1) is 0 Å². The second kappa shape index (κ2) is 4.94. The first kappa shape index (κ1) is 9.11. The predicted octanol–water partition coefficient (Wildman–Crippen LogP) is 1.07. The summed E-state index contributed by atoms with van der Waals surface area (Å²) in [5.41, 5.74) is 0. The van der Waals surface area contributed by atoms with Crippen LogP contribution in [-0.2, 0) is 4.79 Å². The molecule has 0 amide bonds. The maximum absolute atomic E-state index is 10.7. The Morgan fingerprint density at radius 3 is 2.50 bits per heavy atom. The number of aliphatic hydroxyl groups excluding tert-OH is 1. The number of ketones is 1. The van der Waals surface area contributed by atoms with Crippen molar-refractivity contribution in [1.29, 1.82) is 0 Å². The highest BCUT2D eigenvalue weighted by Crippen LogP contribution is 1.85. The van der Waals surface area contributed by atoms with Gasteiger partial charge in [0.25, 0.3) is 0 Å². The monoisotopic (exact) mass is 140 g/mol. The molecule has 0 aliphatic carbocycles. The lowest BCUT2D eigenvalue weighted by molar-refractivity contribution is -0.110. The van der Waals surface area contributed by atoms with Gasteiger partial charge in [0.2, 0.25) is 0 Å². The molecule has 2 nitrogen and oxygen atoms in total. The van der Waals surface area contributed by atoms with Crippen molar-refractivity contribution >= 4 is 5.78 Å². The number of aliphatic hydroxyl groups is 1. The van der Waals surface area contributed by atoms with E-state index in [2.05, 4.69) is 0 Å². The second-order valence-corrected chi connectivity index (χ2v) is 2.00. The molecule has 0 aromatic rings. The van der Waals surface area contributed by atoms with Gasteiger partial charge in [-0.2, -0.15) is 0 Å². The van der Waals surface area contributed by atoms with Crippen molar-refractivity contribution in [2.75, 3.05) is 0 Å². The van der Waals surface area contributed by atoms with Crippen LogP contribution in [0.2, 0.25) is 0 Å². The molecule has 0 aliphatic rings. The number of allylic oxidation sites excluding steroid dienone is 3. The number of rotatable bonds is 3. The Hall–Kier alpha value is -0.890. The Bertz CT molecular complexity index is 155. The predicted molar refractivity (Wildman–Crippen MR) is 40.6 cm³/mol. The zero-order valence-corrected chi connectivity index (χ0v) is 6.24. The molecule has 56 valence electrons. The van der Waals surface area contributed by atoms with Crippen molar-refractivity contribution in [2.24, 2.45) is 0 Å². The van der Waals surface area contributed by atoms with E-state index in [4.69, 9.17) is 5.11 Å². The summed E-state index contributed by atoms with van der Waals surface area (Å²) >= 11 is 0. The normalized spacial score (nSPS) is 14.7. The smallest absolute Gasteiger partial charge is 0.178 e. The van der Waals surface area contributed by atoms with Gasteiger partial charge in [-0.05, 0) is 26.0 Å². The fraction of sp³-hybridized carbons (Fsp3) is 0.375. The summed E-state index contributed by atoms with van der Waals surface area (Å²) in [6.45, 7) is 3.37. The molecular formula is C8H12O2. The van der Waals surface area contributed by atoms with Crippen molar-refractivity contribution in [3.05, 3.63) is 24.3 Å². The minimum absolute atomic E-state index is 0.0941. The zero-order chi connectivity index (χ0) is 7.98. The van der Waals surface area contributed by atoms with Crippen LogP contribution in [0.15, 0.2) is 24.3 Å². The molecule has 10 heavy (non-hydrogen) atoms. The molecule has 0 aliphatic heterocycles. The van der Waals surface area contributed by atoms with E-state index in [1.807, 2.05) is 0 Å². The van der Waals surface area contributed by atoms with Gasteiger partial charge >= 0.3 is 0 Å². The number of hydrogen-bond acceptors (Lipinski definition) is 2. The highest BCUT2D eigenvalue weighted by Gasteiger charge is 1.88. The van der Waals surface area contributed by atoms with E-state index in [0.717, 1.165) is 0 Å². The van der Waals surface area contributed by atoms with Crippen LogP contribution in [0.4, 0.5) is 0 Å². The van der Waals surface area contributed by atoms with E-state index in [1.54, 1.807) is 19.9 Å². The molecule has 0 rings (SSSR count). The summed E-state index contributed by atoms with van der Waals surface area (Å²) in [4.78, 5) is 10.7. The molecule has 0 radical (unpaired) electrons. The molecule has 1 atom stereocenters. The molecule has 0 saturated carbocycles. The molecule has 0 bridgehead atoms. The number of carbonyl (C=O) groups is 1. The third kappa shape index (κ3) is 5.25. The highest BCUT2D eigenvalue weighted by atomic mass is 16.3. The quantitative estimate of drug-likeness (QED) is 0.595. The fourth-order valence-electron chi connectivity index (χ4n) is 0.454. The molecule has 1 unspecified atom stereocenters. The van der Waals surface area contributed by atoms with E-state index >= 15 is 0 Å².